The summed E-state index contributed by atoms with van der Waals surface area (Å²) in [7, 11) is 1.73. The molecule has 65 valence electrons. The molecule has 1 saturated heterocycles. The van der Waals surface area contributed by atoms with Crippen molar-refractivity contribution in [3.8, 4) is 0 Å². The van der Waals surface area contributed by atoms with Gasteiger partial charge in [0.15, 0.2) is 0 Å². The summed E-state index contributed by atoms with van der Waals surface area (Å²) in [4.78, 5) is 0. The van der Waals surface area contributed by atoms with Crippen molar-refractivity contribution in [3.05, 3.63) is 14.0 Å². The van der Waals surface area contributed by atoms with Crippen LogP contribution in [0.2, 0.25) is 0 Å². The second kappa shape index (κ2) is 7.32. The van der Waals surface area contributed by atoms with Crippen LogP contribution in [-0.2, 0) is 31.9 Å². The minimum Gasteiger partial charge on any atom is -0.548 e. The first-order valence-corrected chi connectivity index (χ1v) is 3.38. The van der Waals surface area contributed by atoms with Crippen molar-refractivity contribution < 1.29 is 31.9 Å². The van der Waals surface area contributed by atoms with Crippen molar-refractivity contribution in [2.45, 2.75) is 32.0 Å². The topological polar surface area (TPSA) is 18.5 Å². The molecular weight excluding hydrogens is 221 g/mol. The summed E-state index contributed by atoms with van der Waals surface area (Å²) >= 11 is 0. The number of hydrogen-bond acceptors (Lipinski definition) is 2. The molecule has 0 aromatic rings. The maximum atomic E-state index is 5.26. The molecule has 0 aromatic heterocycles. The van der Waals surface area contributed by atoms with Gasteiger partial charge < -0.3 is 16.9 Å². The maximum absolute atomic E-state index is 5.26. The van der Waals surface area contributed by atoms with Crippen molar-refractivity contribution in [2.24, 2.45) is 0 Å². The minimum atomic E-state index is 0. The molecule has 0 amide bonds. The van der Waals surface area contributed by atoms with E-state index in [0.717, 1.165) is 12.8 Å². The monoisotopic (exact) mass is 237 g/mol. The molecule has 1 aliphatic heterocycles. The van der Waals surface area contributed by atoms with Crippen LogP contribution in [0.25, 0.3) is 0 Å². The van der Waals surface area contributed by atoms with E-state index in [9.17, 15) is 0 Å². The fourth-order valence-corrected chi connectivity index (χ4v) is 1.12. The molecule has 0 N–H and O–H groups in total. The molecule has 1 heterocycles. The molecule has 2 nitrogen and oxygen atoms in total. The van der Waals surface area contributed by atoms with Crippen LogP contribution in [0.5, 0.6) is 0 Å². The molecule has 3 heteroatoms. The predicted molar refractivity (Wildman–Crippen MR) is 41.3 cm³/mol. The molecule has 0 saturated carbocycles. The molecule has 1 radical (unpaired) electrons. The fraction of sp³-hybridized carbons (Fsp3) is 0.750. The van der Waals surface area contributed by atoms with E-state index < -0.39 is 0 Å². The van der Waals surface area contributed by atoms with Crippen molar-refractivity contribution in [1.29, 1.82) is 0 Å². The normalized spacial score (nSPS) is 28.9. The third-order valence-corrected chi connectivity index (χ3v) is 1.72. The smallest absolute Gasteiger partial charge is 0.548 e. The molecule has 2 unspecified atom stereocenters. The zero-order valence-corrected chi connectivity index (χ0v) is 9.61. The molecule has 1 fully saturated rings. The second-order valence-corrected chi connectivity index (χ2v) is 2.26. The van der Waals surface area contributed by atoms with Crippen LogP contribution in [0.3, 0.4) is 0 Å². The van der Waals surface area contributed by atoms with E-state index >= 15 is 0 Å². The van der Waals surface area contributed by atoms with Crippen LogP contribution in [0.15, 0.2) is 0 Å². The van der Waals surface area contributed by atoms with Gasteiger partial charge in [-0.25, -0.2) is 6.61 Å². The van der Waals surface area contributed by atoms with Crippen LogP contribution in [0.4, 0.5) is 0 Å². The molecule has 0 aromatic carbocycles. The number of hydrogen-bond donors (Lipinski definition) is 0. The van der Waals surface area contributed by atoms with Gasteiger partial charge in [0.2, 0.25) is 0 Å². The van der Waals surface area contributed by atoms with Crippen LogP contribution in [0.1, 0.15) is 19.8 Å². The van der Waals surface area contributed by atoms with Gasteiger partial charge in [0.1, 0.15) is 0 Å². The van der Waals surface area contributed by atoms with E-state index in [1.54, 1.807) is 7.11 Å². The zero-order chi connectivity index (χ0) is 6.69. The summed E-state index contributed by atoms with van der Waals surface area (Å²) in [6.07, 6.45) is 2.58. The van der Waals surface area contributed by atoms with E-state index in [1.807, 2.05) is 6.61 Å². The van der Waals surface area contributed by atoms with Gasteiger partial charge in [-0.05, 0) is 6.42 Å². The van der Waals surface area contributed by atoms with Gasteiger partial charge in [0, 0.05) is 13.2 Å². The summed E-state index contributed by atoms with van der Waals surface area (Å²) < 4.78 is 10.4. The average Bonchev–Trinajstić information content (AvgIpc) is 2.33. The van der Waals surface area contributed by atoms with Gasteiger partial charge in [0.05, 0.1) is 6.10 Å². The largest absolute Gasteiger partial charge is 2.00 e. The molecule has 2 atom stereocenters. The zero-order valence-electron chi connectivity index (χ0n) is 7.41. The Kier molecular flexibility index (Phi) is 9.45. The summed E-state index contributed by atoms with van der Waals surface area (Å²) in [6, 6.07) is 0. The summed E-state index contributed by atoms with van der Waals surface area (Å²) in [5, 5.41) is 0. The number of methoxy groups -OCH3 is 1. The molecule has 0 spiro atoms. The maximum Gasteiger partial charge on any atom is 2.00 e. The standard InChI is InChI=1S/C7H13O2.CH3.Nb/c1-3-6-7(8-2)4-5-9-6;;/h5-7H,3-4H2,1-2H3;1H3;/q2*-1;+2. The van der Waals surface area contributed by atoms with E-state index in [-0.39, 0.29) is 29.8 Å². The first kappa shape index (κ1) is 14.2. The molecule has 11 heavy (non-hydrogen) atoms. The Morgan fingerprint density at radius 1 is 1.64 bits per heavy atom. The van der Waals surface area contributed by atoms with Crippen molar-refractivity contribution in [1.82, 2.24) is 0 Å². The summed E-state index contributed by atoms with van der Waals surface area (Å²) in [5.41, 5.74) is 0. The van der Waals surface area contributed by atoms with Gasteiger partial charge in [-0.3, -0.25) is 0 Å². The quantitative estimate of drug-likeness (QED) is 0.538. The van der Waals surface area contributed by atoms with E-state index in [1.165, 1.54) is 0 Å². The number of ether oxygens (including phenoxy) is 2. The van der Waals surface area contributed by atoms with Gasteiger partial charge in [0.25, 0.3) is 0 Å². The van der Waals surface area contributed by atoms with E-state index in [0.29, 0.717) is 12.2 Å². The Hall–Kier alpha value is 0.660. The predicted octanol–water partition coefficient (Wildman–Crippen LogP) is 1.81. The summed E-state index contributed by atoms with van der Waals surface area (Å²) in [5.74, 6) is 0. The first-order valence-electron chi connectivity index (χ1n) is 3.38. The first-order chi connectivity index (χ1) is 4.38. The van der Waals surface area contributed by atoms with Crippen molar-refractivity contribution in [3.63, 3.8) is 0 Å². The minimum absolute atomic E-state index is 0. The van der Waals surface area contributed by atoms with Crippen LogP contribution in [-0.4, -0.2) is 19.3 Å². The van der Waals surface area contributed by atoms with Crippen LogP contribution >= 0.6 is 0 Å². The molecule has 0 aliphatic carbocycles. The van der Waals surface area contributed by atoms with Gasteiger partial charge in [-0.15, -0.1) is 6.42 Å². The average molecular weight is 237 g/mol. The third kappa shape index (κ3) is 3.72. The third-order valence-electron chi connectivity index (χ3n) is 1.72. The van der Waals surface area contributed by atoms with Crippen molar-refractivity contribution >= 4 is 0 Å². The van der Waals surface area contributed by atoms with Gasteiger partial charge in [-0.1, -0.05) is 6.92 Å². The fourth-order valence-electron chi connectivity index (χ4n) is 1.12. The SMILES string of the molecule is CCC1O[CH-]CC1OC.[CH3-].[Nb+2]. The molecule has 0 bridgehead atoms. The van der Waals surface area contributed by atoms with Gasteiger partial charge in [-0.2, -0.15) is 0 Å². The van der Waals surface area contributed by atoms with Gasteiger partial charge >= 0.3 is 22.4 Å². The molecular formula is C8H16NbO2. The Bertz CT molecular complexity index is 78.2. The molecule has 1 aliphatic rings. The Balaban J connectivity index is 0. The van der Waals surface area contributed by atoms with Crippen molar-refractivity contribution in [2.75, 3.05) is 7.11 Å². The second-order valence-electron chi connectivity index (χ2n) is 2.26. The Labute approximate surface area is 85.2 Å². The number of rotatable bonds is 2. The van der Waals surface area contributed by atoms with Crippen LogP contribution < -0.4 is 0 Å². The van der Waals surface area contributed by atoms with E-state index in [2.05, 4.69) is 6.92 Å². The Morgan fingerprint density at radius 3 is 2.64 bits per heavy atom. The molecule has 1 rings (SSSR count). The van der Waals surface area contributed by atoms with Crippen LogP contribution in [0, 0.1) is 14.0 Å². The van der Waals surface area contributed by atoms with E-state index in [4.69, 9.17) is 9.47 Å². The Morgan fingerprint density at radius 2 is 2.27 bits per heavy atom. The summed E-state index contributed by atoms with van der Waals surface area (Å²) in [6.45, 7) is 3.94.